The highest BCUT2D eigenvalue weighted by atomic mass is 16.2. The van der Waals surface area contributed by atoms with Crippen LogP contribution in [0.4, 0.5) is 5.69 Å². The highest BCUT2D eigenvalue weighted by Crippen LogP contribution is 2.29. The Morgan fingerprint density at radius 2 is 1.67 bits per heavy atom. The van der Waals surface area contributed by atoms with Crippen molar-refractivity contribution in [3.63, 3.8) is 0 Å². The van der Waals surface area contributed by atoms with E-state index in [-0.39, 0.29) is 0 Å². The van der Waals surface area contributed by atoms with E-state index >= 15 is 0 Å². The Labute approximate surface area is 125 Å². The van der Waals surface area contributed by atoms with Gasteiger partial charge in [-0.25, -0.2) is 0 Å². The lowest BCUT2D eigenvalue weighted by Gasteiger charge is -2.16. The molecule has 0 N–H and O–H groups in total. The highest BCUT2D eigenvalue weighted by Gasteiger charge is 2.35. The van der Waals surface area contributed by atoms with E-state index < -0.39 is 11.7 Å². The topological polar surface area (TPSA) is 37.4 Å². The monoisotopic (exact) mass is 281 g/mol. The van der Waals surface area contributed by atoms with E-state index in [4.69, 9.17) is 0 Å². The first-order valence-corrected chi connectivity index (χ1v) is 7.17. The van der Waals surface area contributed by atoms with Crippen molar-refractivity contribution < 1.29 is 9.59 Å². The number of Topliss-reactive ketones (excluding diaryl/α,β-unsaturated/α-hetero) is 1. The molecule has 3 nitrogen and oxygen atoms in total. The maximum atomic E-state index is 12.0. The number of carbonyl (C=O) groups excluding carboxylic acids is 2. The predicted molar refractivity (Wildman–Crippen MR) is 84.5 cm³/mol. The van der Waals surface area contributed by atoms with E-state index in [1.165, 1.54) is 0 Å². The van der Waals surface area contributed by atoms with Gasteiger partial charge in [0.2, 0.25) is 0 Å². The Bertz CT molecular complexity index is 676. The van der Waals surface area contributed by atoms with Crippen molar-refractivity contribution in [1.82, 2.24) is 0 Å². The fourth-order valence-electron chi connectivity index (χ4n) is 2.40. The minimum Gasteiger partial charge on any atom is -0.300 e. The Kier molecular flexibility index (Phi) is 4.53. The standard InChI is InChI=1S/C16H13NO2.C2H6/c1-11-5-4-6-12(9-11)10-17-14-8-3-2-7-13(14)15(18)16(17)19;1-2/h2-9H,10H2,1H3;1-2H3. The number of para-hydroxylation sites is 1. The van der Waals surface area contributed by atoms with Crippen LogP contribution in [-0.4, -0.2) is 11.7 Å². The molecule has 0 atom stereocenters. The summed E-state index contributed by atoms with van der Waals surface area (Å²) in [5, 5.41) is 0. The van der Waals surface area contributed by atoms with E-state index in [2.05, 4.69) is 0 Å². The number of nitrogens with zero attached hydrogens (tertiary/aromatic N) is 1. The summed E-state index contributed by atoms with van der Waals surface area (Å²) in [6.45, 7) is 6.44. The molecule has 1 aliphatic heterocycles. The lowest BCUT2D eigenvalue weighted by Crippen LogP contribution is -2.29. The zero-order valence-electron chi connectivity index (χ0n) is 12.6. The molecule has 0 spiro atoms. The Morgan fingerprint density at radius 3 is 2.38 bits per heavy atom. The van der Waals surface area contributed by atoms with Crippen LogP contribution in [0.15, 0.2) is 48.5 Å². The zero-order chi connectivity index (χ0) is 15.4. The lowest BCUT2D eigenvalue weighted by atomic mass is 10.1. The summed E-state index contributed by atoms with van der Waals surface area (Å²) >= 11 is 0. The minimum absolute atomic E-state index is 0.414. The fourth-order valence-corrected chi connectivity index (χ4v) is 2.40. The first-order valence-electron chi connectivity index (χ1n) is 7.17. The van der Waals surface area contributed by atoms with E-state index in [1.54, 1.807) is 17.0 Å². The van der Waals surface area contributed by atoms with Gasteiger partial charge < -0.3 is 4.90 Å². The molecule has 3 rings (SSSR count). The maximum absolute atomic E-state index is 12.0. The largest absolute Gasteiger partial charge is 0.300 e. The lowest BCUT2D eigenvalue weighted by molar-refractivity contribution is -0.114. The molecule has 3 heteroatoms. The smallest absolute Gasteiger partial charge is 0.299 e. The van der Waals surface area contributed by atoms with Gasteiger partial charge in [-0.3, -0.25) is 9.59 Å². The number of hydrogen-bond donors (Lipinski definition) is 0. The van der Waals surface area contributed by atoms with Crippen molar-refractivity contribution in [3.8, 4) is 0 Å². The van der Waals surface area contributed by atoms with Crippen molar-refractivity contribution in [2.24, 2.45) is 0 Å². The molecule has 1 aliphatic rings. The summed E-state index contributed by atoms with van der Waals surface area (Å²) in [5.41, 5.74) is 3.38. The summed E-state index contributed by atoms with van der Waals surface area (Å²) in [5.74, 6) is -0.856. The Balaban J connectivity index is 0.000000774. The van der Waals surface area contributed by atoms with Crippen LogP contribution in [0.25, 0.3) is 0 Å². The Morgan fingerprint density at radius 1 is 0.952 bits per heavy atom. The summed E-state index contributed by atoms with van der Waals surface area (Å²) in [7, 11) is 0. The number of hydrogen-bond acceptors (Lipinski definition) is 2. The molecular weight excluding hydrogens is 262 g/mol. The van der Waals surface area contributed by atoms with Gasteiger partial charge in [-0.05, 0) is 24.6 Å². The third kappa shape index (κ3) is 2.87. The number of aryl methyl sites for hydroxylation is 1. The molecule has 0 saturated heterocycles. The molecule has 0 saturated carbocycles. The molecule has 1 amide bonds. The second-order valence-electron chi connectivity index (χ2n) is 4.73. The molecule has 21 heavy (non-hydrogen) atoms. The molecule has 0 aromatic heterocycles. The molecule has 2 aromatic rings. The van der Waals surface area contributed by atoms with Gasteiger partial charge >= 0.3 is 0 Å². The SMILES string of the molecule is CC.Cc1cccc(CN2C(=O)C(=O)c3ccccc32)c1. The van der Waals surface area contributed by atoms with Crippen molar-refractivity contribution in [2.75, 3.05) is 4.90 Å². The molecule has 2 aromatic carbocycles. The van der Waals surface area contributed by atoms with Crippen LogP contribution in [0.1, 0.15) is 35.3 Å². The van der Waals surface area contributed by atoms with E-state index in [0.29, 0.717) is 17.8 Å². The summed E-state index contributed by atoms with van der Waals surface area (Å²) in [4.78, 5) is 25.4. The second kappa shape index (κ2) is 6.35. The second-order valence-corrected chi connectivity index (χ2v) is 4.73. The van der Waals surface area contributed by atoms with Crippen LogP contribution in [0, 0.1) is 6.92 Å². The van der Waals surface area contributed by atoms with Gasteiger partial charge in [-0.1, -0.05) is 55.8 Å². The van der Waals surface area contributed by atoms with Gasteiger partial charge in [0.1, 0.15) is 0 Å². The highest BCUT2D eigenvalue weighted by molar-refractivity contribution is 6.52. The van der Waals surface area contributed by atoms with Crippen molar-refractivity contribution in [1.29, 1.82) is 0 Å². The molecular formula is C18H19NO2. The van der Waals surface area contributed by atoms with E-state index in [0.717, 1.165) is 11.1 Å². The minimum atomic E-state index is -0.442. The molecule has 0 aliphatic carbocycles. The third-order valence-corrected chi connectivity index (χ3v) is 3.30. The predicted octanol–water partition coefficient (Wildman–Crippen LogP) is 3.75. The van der Waals surface area contributed by atoms with Crippen LogP contribution in [-0.2, 0) is 11.3 Å². The van der Waals surface area contributed by atoms with Crippen LogP contribution < -0.4 is 4.90 Å². The number of amides is 1. The van der Waals surface area contributed by atoms with Gasteiger partial charge in [0.05, 0.1) is 17.8 Å². The first-order chi connectivity index (χ1) is 10.2. The quantitative estimate of drug-likeness (QED) is 0.786. The van der Waals surface area contributed by atoms with Gasteiger partial charge in [-0.15, -0.1) is 0 Å². The maximum Gasteiger partial charge on any atom is 0.299 e. The number of fused-ring (bicyclic) bond motifs is 1. The third-order valence-electron chi connectivity index (χ3n) is 3.30. The average Bonchev–Trinajstić information content (AvgIpc) is 2.75. The molecule has 0 bridgehead atoms. The van der Waals surface area contributed by atoms with Crippen molar-refractivity contribution in [3.05, 3.63) is 65.2 Å². The summed E-state index contributed by atoms with van der Waals surface area (Å²) < 4.78 is 0. The number of anilines is 1. The number of benzene rings is 2. The summed E-state index contributed by atoms with van der Waals surface area (Å²) in [6, 6.07) is 15.1. The fraction of sp³-hybridized carbons (Fsp3) is 0.222. The summed E-state index contributed by atoms with van der Waals surface area (Å²) in [6.07, 6.45) is 0. The Hall–Kier alpha value is -2.42. The molecule has 0 unspecified atom stereocenters. The average molecular weight is 281 g/mol. The van der Waals surface area contributed by atoms with Gasteiger partial charge in [0.15, 0.2) is 0 Å². The normalized spacial score (nSPS) is 12.8. The van der Waals surface area contributed by atoms with E-state index in [1.807, 2.05) is 57.2 Å². The molecule has 0 fully saturated rings. The van der Waals surface area contributed by atoms with Gasteiger partial charge in [0, 0.05) is 0 Å². The number of carbonyl (C=O) groups is 2. The van der Waals surface area contributed by atoms with Gasteiger partial charge in [-0.2, -0.15) is 0 Å². The zero-order valence-corrected chi connectivity index (χ0v) is 12.6. The number of rotatable bonds is 2. The van der Waals surface area contributed by atoms with Crippen LogP contribution >= 0.6 is 0 Å². The number of ketones is 1. The van der Waals surface area contributed by atoms with Crippen molar-refractivity contribution >= 4 is 17.4 Å². The molecule has 1 heterocycles. The van der Waals surface area contributed by atoms with Crippen LogP contribution in [0.5, 0.6) is 0 Å². The molecule has 108 valence electrons. The van der Waals surface area contributed by atoms with Crippen molar-refractivity contribution in [2.45, 2.75) is 27.3 Å². The van der Waals surface area contributed by atoms with Gasteiger partial charge in [0.25, 0.3) is 11.7 Å². The van der Waals surface area contributed by atoms with Crippen LogP contribution in [0.2, 0.25) is 0 Å². The van der Waals surface area contributed by atoms with Crippen LogP contribution in [0.3, 0.4) is 0 Å². The first kappa shape index (κ1) is 15.0. The molecule has 0 radical (unpaired) electrons. The van der Waals surface area contributed by atoms with E-state index in [9.17, 15) is 9.59 Å².